The highest BCUT2D eigenvalue weighted by molar-refractivity contribution is 14.0. The van der Waals surface area contributed by atoms with Crippen molar-refractivity contribution in [3.8, 4) is 5.75 Å². The number of aromatic nitrogens is 3. The first-order valence-corrected chi connectivity index (χ1v) is 7.43. The molecular weight excluding hydrogens is 464 g/mol. The molecular formula is C15H20F3IN6O. The second-order valence-corrected chi connectivity index (χ2v) is 5.16. The SMILES string of the molecule is CN=C(NCc1ccccc1OC(F)(F)F)NCc1nnc(C)n1C.I. The zero-order chi connectivity index (χ0) is 18.4. The standard InChI is InChI=1S/C15H19F3N6O.HI/c1-10-22-23-13(24(10)3)9-21-14(19-2)20-8-11-6-4-5-7-12(11)25-15(16,17)18;/h4-7H,8-9H2,1-3H3,(H2,19,20,21);1H. The van der Waals surface area contributed by atoms with E-state index in [0.29, 0.717) is 23.9 Å². The fourth-order valence-electron chi connectivity index (χ4n) is 2.04. The maximum absolute atomic E-state index is 12.4. The van der Waals surface area contributed by atoms with E-state index in [0.717, 1.165) is 5.82 Å². The minimum Gasteiger partial charge on any atom is -0.405 e. The zero-order valence-electron chi connectivity index (χ0n) is 14.5. The van der Waals surface area contributed by atoms with Gasteiger partial charge in [0.25, 0.3) is 0 Å². The summed E-state index contributed by atoms with van der Waals surface area (Å²) < 4.78 is 43.2. The first kappa shape index (κ1) is 22.0. The predicted molar refractivity (Wildman–Crippen MR) is 101 cm³/mol. The summed E-state index contributed by atoms with van der Waals surface area (Å²) in [5, 5.41) is 13.9. The van der Waals surface area contributed by atoms with Gasteiger partial charge in [0.1, 0.15) is 11.6 Å². The first-order chi connectivity index (χ1) is 11.8. The molecule has 2 N–H and O–H groups in total. The Labute approximate surface area is 166 Å². The highest BCUT2D eigenvalue weighted by Gasteiger charge is 2.31. The van der Waals surface area contributed by atoms with Gasteiger partial charge in [0.15, 0.2) is 11.8 Å². The lowest BCUT2D eigenvalue weighted by Crippen LogP contribution is -2.37. The van der Waals surface area contributed by atoms with E-state index >= 15 is 0 Å². The number of aryl methyl sites for hydroxylation is 1. The van der Waals surface area contributed by atoms with E-state index in [2.05, 4.69) is 30.6 Å². The Morgan fingerprint density at radius 2 is 1.85 bits per heavy atom. The quantitative estimate of drug-likeness (QED) is 0.388. The summed E-state index contributed by atoms with van der Waals surface area (Å²) >= 11 is 0. The van der Waals surface area contributed by atoms with Crippen molar-refractivity contribution in [2.75, 3.05) is 7.05 Å². The van der Waals surface area contributed by atoms with E-state index in [1.165, 1.54) is 12.1 Å². The van der Waals surface area contributed by atoms with Gasteiger partial charge in [-0.25, -0.2) is 0 Å². The summed E-state index contributed by atoms with van der Waals surface area (Å²) in [5.74, 6) is 1.66. The van der Waals surface area contributed by atoms with Crippen LogP contribution in [0.4, 0.5) is 13.2 Å². The Morgan fingerprint density at radius 3 is 2.42 bits per heavy atom. The Hall–Kier alpha value is -2.05. The fourth-order valence-corrected chi connectivity index (χ4v) is 2.04. The zero-order valence-corrected chi connectivity index (χ0v) is 16.8. The third-order valence-corrected chi connectivity index (χ3v) is 3.46. The number of guanidine groups is 1. The summed E-state index contributed by atoms with van der Waals surface area (Å²) in [7, 11) is 3.41. The lowest BCUT2D eigenvalue weighted by Gasteiger charge is -2.15. The molecule has 0 atom stereocenters. The van der Waals surface area contributed by atoms with Crippen LogP contribution in [-0.4, -0.2) is 34.1 Å². The molecule has 11 heteroatoms. The average Bonchev–Trinajstić information content (AvgIpc) is 2.87. The molecule has 2 aromatic rings. The van der Waals surface area contributed by atoms with Gasteiger partial charge < -0.3 is 19.9 Å². The maximum atomic E-state index is 12.4. The van der Waals surface area contributed by atoms with Gasteiger partial charge in [-0.3, -0.25) is 4.99 Å². The Bertz CT molecular complexity index is 747. The molecule has 0 aliphatic rings. The topological polar surface area (TPSA) is 76.4 Å². The third kappa shape index (κ3) is 6.35. The number of hydrogen-bond donors (Lipinski definition) is 2. The summed E-state index contributed by atoms with van der Waals surface area (Å²) in [6.07, 6.45) is -4.74. The van der Waals surface area contributed by atoms with Crippen LogP contribution in [0.3, 0.4) is 0 Å². The molecule has 0 saturated carbocycles. The van der Waals surface area contributed by atoms with Crippen LogP contribution in [0.2, 0.25) is 0 Å². The highest BCUT2D eigenvalue weighted by atomic mass is 127. The Morgan fingerprint density at radius 1 is 1.19 bits per heavy atom. The van der Waals surface area contributed by atoms with Gasteiger partial charge in [0.2, 0.25) is 0 Å². The molecule has 144 valence electrons. The molecule has 1 heterocycles. The maximum Gasteiger partial charge on any atom is 0.573 e. The number of ether oxygens (including phenoxy) is 1. The van der Waals surface area contributed by atoms with Crippen molar-refractivity contribution >= 4 is 29.9 Å². The number of halogens is 4. The molecule has 26 heavy (non-hydrogen) atoms. The molecule has 2 rings (SSSR count). The minimum absolute atomic E-state index is 0. The number of rotatable bonds is 5. The van der Waals surface area contributed by atoms with Gasteiger partial charge in [-0.1, -0.05) is 18.2 Å². The summed E-state index contributed by atoms with van der Waals surface area (Å²) in [4.78, 5) is 4.03. The number of alkyl halides is 3. The van der Waals surface area contributed by atoms with E-state index < -0.39 is 6.36 Å². The number of benzene rings is 1. The van der Waals surface area contributed by atoms with Crippen LogP contribution in [0.15, 0.2) is 29.3 Å². The van der Waals surface area contributed by atoms with E-state index in [1.807, 2.05) is 18.5 Å². The van der Waals surface area contributed by atoms with Crippen molar-refractivity contribution in [3.63, 3.8) is 0 Å². The van der Waals surface area contributed by atoms with Crippen LogP contribution in [-0.2, 0) is 20.1 Å². The van der Waals surface area contributed by atoms with Gasteiger partial charge in [-0.2, -0.15) is 0 Å². The lowest BCUT2D eigenvalue weighted by atomic mass is 10.2. The normalized spacial score (nSPS) is 11.7. The van der Waals surface area contributed by atoms with Crippen LogP contribution in [0, 0.1) is 6.92 Å². The van der Waals surface area contributed by atoms with Crippen LogP contribution in [0.1, 0.15) is 17.2 Å². The van der Waals surface area contributed by atoms with Crippen LogP contribution in [0.5, 0.6) is 5.75 Å². The molecule has 1 aromatic carbocycles. The first-order valence-electron chi connectivity index (χ1n) is 7.43. The van der Waals surface area contributed by atoms with Crippen molar-refractivity contribution in [2.24, 2.45) is 12.0 Å². The Balaban J connectivity index is 0.00000338. The molecule has 0 saturated heterocycles. The second-order valence-electron chi connectivity index (χ2n) is 5.16. The third-order valence-electron chi connectivity index (χ3n) is 3.46. The van der Waals surface area contributed by atoms with Gasteiger partial charge >= 0.3 is 6.36 Å². The number of aliphatic imine (C=N–C) groups is 1. The van der Waals surface area contributed by atoms with E-state index in [9.17, 15) is 13.2 Å². The predicted octanol–water partition coefficient (Wildman–Crippen LogP) is 2.51. The molecule has 0 bridgehead atoms. The Kier molecular flexibility index (Phi) is 8.11. The molecule has 0 aliphatic carbocycles. The number of nitrogens with zero attached hydrogens (tertiary/aromatic N) is 4. The number of para-hydroxylation sites is 1. The summed E-state index contributed by atoms with van der Waals surface area (Å²) in [5.41, 5.74) is 0.359. The van der Waals surface area contributed by atoms with Gasteiger partial charge in [-0.05, 0) is 13.0 Å². The van der Waals surface area contributed by atoms with E-state index in [-0.39, 0.29) is 36.3 Å². The average molecular weight is 484 g/mol. The molecule has 7 nitrogen and oxygen atoms in total. The smallest absolute Gasteiger partial charge is 0.405 e. The molecule has 0 amide bonds. The molecule has 0 fully saturated rings. The van der Waals surface area contributed by atoms with Crippen LogP contribution >= 0.6 is 24.0 Å². The van der Waals surface area contributed by atoms with Crippen LogP contribution in [0.25, 0.3) is 0 Å². The number of hydrogen-bond acceptors (Lipinski definition) is 4. The molecule has 1 aromatic heterocycles. The summed E-state index contributed by atoms with van der Waals surface area (Å²) in [6.45, 7) is 2.32. The monoisotopic (exact) mass is 484 g/mol. The van der Waals surface area contributed by atoms with Gasteiger partial charge in [0, 0.05) is 26.2 Å². The highest BCUT2D eigenvalue weighted by Crippen LogP contribution is 2.25. The van der Waals surface area contributed by atoms with E-state index in [1.54, 1.807) is 19.2 Å². The van der Waals surface area contributed by atoms with Crippen molar-refractivity contribution < 1.29 is 17.9 Å². The molecule has 0 radical (unpaired) electrons. The molecule has 0 aliphatic heterocycles. The minimum atomic E-state index is -4.74. The molecule has 0 unspecified atom stereocenters. The van der Waals surface area contributed by atoms with Crippen molar-refractivity contribution in [2.45, 2.75) is 26.4 Å². The van der Waals surface area contributed by atoms with Crippen molar-refractivity contribution in [3.05, 3.63) is 41.5 Å². The van der Waals surface area contributed by atoms with Gasteiger partial charge in [0.05, 0.1) is 6.54 Å². The lowest BCUT2D eigenvalue weighted by molar-refractivity contribution is -0.274. The summed E-state index contributed by atoms with van der Waals surface area (Å²) in [6, 6.07) is 5.93. The fraction of sp³-hybridized carbons (Fsp3) is 0.400. The number of nitrogens with one attached hydrogen (secondary N) is 2. The van der Waals surface area contributed by atoms with Crippen LogP contribution < -0.4 is 15.4 Å². The second kappa shape index (κ2) is 9.59. The van der Waals surface area contributed by atoms with Crippen molar-refractivity contribution in [1.82, 2.24) is 25.4 Å². The molecule has 0 spiro atoms. The van der Waals surface area contributed by atoms with Crippen molar-refractivity contribution in [1.29, 1.82) is 0 Å². The van der Waals surface area contributed by atoms with E-state index in [4.69, 9.17) is 0 Å². The largest absolute Gasteiger partial charge is 0.573 e. The van der Waals surface area contributed by atoms with Gasteiger partial charge in [-0.15, -0.1) is 47.3 Å².